The zero-order valence-corrected chi connectivity index (χ0v) is 14.3. The second-order valence-electron chi connectivity index (χ2n) is 7.84. The van der Waals surface area contributed by atoms with Gasteiger partial charge in [-0.25, -0.2) is 0 Å². The molecule has 0 N–H and O–H groups in total. The molecule has 0 aromatic heterocycles. The van der Waals surface area contributed by atoms with Crippen LogP contribution in [0.2, 0.25) is 0 Å². The first-order valence-corrected chi connectivity index (χ1v) is 9.40. The van der Waals surface area contributed by atoms with Crippen molar-refractivity contribution in [2.75, 3.05) is 19.6 Å². The van der Waals surface area contributed by atoms with E-state index >= 15 is 0 Å². The molecule has 2 rings (SSSR count). The Kier molecular flexibility index (Phi) is 5.95. The summed E-state index contributed by atoms with van der Waals surface area (Å²) in [6, 6.07) is 0. The largest absolute Gasteiger partial charge is 0.303 e. The highest BCUT2D eigenvalue weighted by molar-refractivity contribution is 4.95. The third-order valence-corrected chi connectivity index (χ3v) is 6.39. The maximum atomic E-state index is 2.70. The van der Waals surface area contributed by atoms with Crippen LogP contribution in [0, 0.1) is 10.8 Å². The highest BCUT2D eigenvalue weighted by atomic mass is 15.1. The van der Waals surface area contributed by atoms with Crippen LogP contribution in [0.3, 0.4) is 0 Å². The molecule has 1 saturated carbocycles. The molecule has 2 aliphatic rings. The number of likely N-dealkylation sites (tertiary alicyclic amines) is 1. The molecule has 0 unspecified atom stereocenters. The van der Waals surface area contributed by atoms with Gasteiger partial charge in [-0.3, -0.25) is 0 Å². The van der Waals surface area contributed by atoms with Crippen LogP contribution in [0.5, 0.6) is 0 Å². The SMILES string of the molecule is CCCN1CCC2(CC1)CCC(CCC)(CCC)CC2. The summed E-state index contributed by atoms with van der Waals surface area (Å²) in [5.74, 6) is 0. The molecule has 0 radical (unpaired) electrons. The maximum Gasteiger partial charge on any atom is -0.00134 e. The summed E-state index contributed by atoms with van der Waals surface area (Å²) in [5.41, 5.74) is 1.48. The van der Waals surface area contributed by atoms with E-state index in [4.69, 9.17) is 0 Å². The quantitative estimate of drug-likeness (QED) is 0.608. The molecule has 1 saturated heterocycles. The van der Waals surface area contributed by atoms with Crippen molar-refractivity contribution in [3.63, 3.8) is 0 Å². The minimum atomic E-state index is 0.731. The average molecular weight is 280 g/mol. The first-order chi connectivity index (χ1) is 9.67. The minimum Gasteiger partial charge on any atom is -0.303 e. The number of hydrogen-bond donors (Lipinski definition) is 0. The third-order valence-electron chi connectivity index (χ3n) is 6.39. The molecule has 0 atom stereocenters. The first-order valence-electron chi connectivity index (χ1n) is 9.40. The Morgan fingerprint density at radius 2 is 1.25 bits per heavy atom. The second-order valence-corrected chi connectivity index (χ2v) is 7.84. The van der Waals surface area contributed by atoms with E-state index in [1.54, 1.807) is 0 Å². The lowest BCUT2D eigenvalue weighted by Crippen LogP contribution is -2.44. The van der Waals surface area contributed by atoms with Crippen LogP contribution in [0.25, 0.3) is 0 Å². The number of hydrogen-bond acceptors (Lipinski definition) is 1. The summed E-state index contributed by atoms with van der Waals surface area (Å²) in [4.78, 5) is 2.70. The molecule has 0 amide bonds. The zero-order chi connectivity index (χ0) is 14.5. The lowest BCUT2D eigenvalue weighted by atomic mass is 9.58. The average Bonchev–Trinajstić information content (AvgIpc) is 2.46. The van der Waals surface area contributed by atoms with Gasteiger partial charge in [-0.2, -0.15) is 0 Å². The summed E-state index contributed by atoms with van der Waals surface area (Å²) < 4.78 is 0. The van der Waals surface area contributed by atoms with Gasteiger partial charge < -0.3 is 4.90 Å². The minimum absolute atomic E-state index is 0.731. The fourth-order valence-electron chi connectivity index (χ4n) is 5.06. The molecule has 1 heterocycles. The molecule has 0 aromatic rings. The molecular weight excluding hydrogens is 242 g/mol. The fraction of sp³-hybridized carbons (Fsp3) is 1.00. The van der Waals surface area contributed by atoms with Crippen LogP contribution in [0.15, 0.2) is 0 Å². The molecular formula is C19H37N. The van der Waals surface area contributed by atoms with Crippen molar-refractivity contribution in [1.82, 2.24) is 4.90 Å². The summed E-state index contributed by atoms with van der Waals surface area (Å²) in [5, 5.41) is 0. The van der Waals surface area contributed by atoms with Crippen molar-refractivity contribution in [3.8, 4) is 0 Å². The van der Waals surface area contributed by atoms with E-state index in [9.17, 15) is 0 Å². The highest BCUT2D eigenvalue weighted by Gasteiger charge is 2.42. The Bertz CT molecular complexity index is 257. The normalized spacial score (nSPS) is 25.9. The van der Waals surface area contributed by atoms with Crippen molar-refractivity contribution in [1.29, 1.82) is 0 Å². The van der Waals surface area contributed by atoms with Crippen molar-refractivity contribution < 1.29 is 0 Å². The lowest BCUT2D eigenvalue weighted by molar-refractivity contribution is 0.0109. The summed E-state index contributed by atoms with van der Waals surface area (Å²) in [7, 11) is 0. The number of rotatable bonds is 6. The van der Waals surface area contributed by atoms with Gasteiger partial charge in [-0.15, -0.1) is 0 Å². The van der Waals surface area contributed by atoms with Crippen molar-refractivity contribution >= 4 is 0 Å². The molecule has 1 heteroatoms. The summed E-state index contributed by atoms with van der Waals surface area (Å²) in [6.45, 7) is 11.2. The van der Waals surface area contributed by atoms with E-state index in [-0.39, 0.29) is 0 Å². The van der Waals surface area contributed by atoms with E-state index in [0.29, 0.717) is 0 Å². The monoisotopic (exact) mass is 279 g/mol. The molecule has 0 aromatic carbocycles. The molecule has 1 aliphatic carbocycles. The van der Waals surface area contributed by atoms with Gasteiger partial charge in [0.25, 0.3) is 0 Å². The van der Waals surface area contributed by atoms with Crippen LogP contribution < -0.4 is 0 Å². The van der Waals surface area contributed by atoms with E-state index in [1.807, 2.05) is 0 Å². The highest BCUT2D eigenvalue weighted by Crippen LogP contribution is 2.53. The van der Waals surface area contributed by atoms with E-state index in [0.717, 1.165) is 10.8 Å². The standard InChI is InChI=1S/C19H37N/c1-4-7-18(8-5-2)9-11-19(12-10-18)13-16-20(15-6-3)17-14-19/h4-17H2,1-3H3. The van der Waals surface area contributed by atoms with E-state index in [1.165, 1.54) is 90.3 Å². The lowest BCUT2D eigenvalue weighted by Gasteiger charge is -2.50. The van der Waals surface area contributed by atoms with Crippen molar-refractivity contribution in [2.45, 2.75) is 91.4 Å². The topological polar surface area (TPSA) is 3.24 Å². The van der Waals surface area contributed by atoms with Crippen LogP contribution >= 0.6 is 0 Å². The van der Waals surface area contributed by atoms with Gasteiger partial charge in [-0.1, -0.05) is 33.6 Å². The van der Waals surface area contributed by atoms with Gasteiger partial charge in [0.2, 0.25) is 0 Å². The van der Waals surface area contributed by atoms with Crippen LogP contribution in [-0.2, 0) is 0 Å². The molecule has 1 aliphatic heterocycles. The Morgan fingerprint density at radius 3 is 1.70 bits per heavy atom. The molecule has 20 heavy (non-hydrogen) atoms. The summed E-state index contributed by atoms with van der Waals surface area (Å²) in [6.07, 6.45) is 16.2. The van der Waals surface area contributed by atoms with Gasteiger partial charge in [0, 0.05) is 0 Å². The predicted octanol–water partition coefficient (Wildman–Crippen LogP) is 5.64. The fourth-order valence-corrected chi connectivity index (χ4v) is 5.06. The van der Waals surface area contributed by atoms with Gasteiger partial charge >= 0.3 is 0 Å². The van der Waals surface area contributed by atoms with Crippen LogP contribution in [0.1, 0.15) is 91.4 Å². The molecule has 0 bridgehead atoms. The van der Waals surface area contributed by atoms with Gasteiger partial charge in [0.1, 0.15) is 0 Å². The molecule has 118 valence electrons. The Labute approximate surface area is 127 Å². The van der Waals surface area contributed by atoms with Gasteiger partial charge in [0.05, 0.1) is 0 Å². The molecule has 1 spiro atoms. The Hall–Kier alpha value is -0.0400. The first kappa shape index (κ1) is 16.3. The van der Waals surface area contributed by atoms with Crippen LogP contribution in [-0.4, -0.2) is 24.5 Å². The Balaban J connectivity index is 1.87. The predicted molar refractivity (Wildman–Crippen MR) is 89.1 cm³/mol. The van der Waals surface area contributed by atoms with Crippen molar-refractivity contribution in [3.05, 3.63) is 0 Å². The summed E-state index contributed by atoms with van der Waals surface area (Å²) >= 11 is 0. The maximum absolute atomic E-state index is 2.70. The van der Waals surface area contributed by atoms with E-state index < -0.39 is 0 Å². The zero-order valence-electron chi connectivity index (χ0n) is 14.3. The van der Waals surface area contributed by atoms with Crippen LogP contribution in [0.4, 0.5) is 0 Å². The van der Waals surface area contributed by atoms with Gasteiger partial charge in [-0.05, 0) is 88.3 Å². The second kappa shape index (κ2) is 7.29. The number of nitrogens with zero attached hydrogens (tertiary/aromatic N) is 1. The number of piperidine rings is 1. The molecule has 2 fully saturated rings. The van der Waals surface area contributed by atoms with E-state index in [2.05, 4.69) is 25.7 Å². The third kappa shape index (κ3) is 3.78. The van der Waals surface area contributed by atoms with Gasteiger partial charge in [0.15, 0.2) is 0 Å². The van der Waals surface area contributed by atoms with Crippen molar-refractivity contribution in [2.24, 2.45) is 10.8 Å². The Morgan fingerprint density at radius 1 is 0.700 bits per heavy atom. The smallest absolute Gasteiger partial charge is 0.00134 e. The molecule has 1 nitrogen and oxygen atoms in total.